The molecule has 0 amide bonds. The molecule has 0 radical (unpaired) electrons. The van der Waals surface area contributed by atoms with Gasteiger partial charge < -0.3 is 19.7 Å². The Morgan fingerprint density at radius 3 is 2.79 bits per heavy atom. The van der Waals surface area contributed by atoms with Crippen molar-refractivity contribution in [2.24, 2.45) is 0 Å². The number of nitrogens with zero attached hydrogens (tertiary/aromatic N) is 3. The van der Waals surface area contributed by atoms with E-state index in [1.54, 1.807) is 0 Å². The van der Waals surface area contributed by atoms with Crippen molar-refractivity contribution in [2.75, 3.05) is 24.6 Å². The van der Waals surface area contributed by atoms with Gasteiger partial charge in [-0.1, -0.05) is 31.3 Å². The molecular formula is C13H24N4O2. The number of anilines is 1. The Hall–Kier alpha value is -1.14. The molecule has 1 heterocycles. The molecule has 108 valence electrons. The summed E-state index contributed by atoms with van der Waals surface area (Å²) in [6.07, 6.45) is 6.07. The van der Waals surface area contributed by atoms with E-state index in [9.17, 15) is 5.11 Å². The van der Waals surface area contributed by atoms with Crippen LogP contribution in [0.1, 0.15) is 44.9 Å². The number of nitrogens with one attached hydrogen (secondary N) is 1. The summed E-state index contributed by atoms with van der Waals surface area (Å²) in [6.45, 7) is 4.19. The lowest BCUT2D eigenvalue weighted by Gasteiger charge is -2.32. The molecule has 1 aromatic heterocycles. The molecule has 1 aliphatic carbocycles. The standard InChI is InChI=1S/C13H24N4O2/c1-2-14-10-12-15-16-13(19-12)17(8-9-18)11-6-4-3-5-7-11/h11,14,18H,2-10H2,1H3. The van der Waals surface area contributed by atoms with E-state index in [2.05, 4.69) is 20.4 Å². The van der Waals surface area contributed by atoms with Gasteiger partial charge >= 0.3 is 6.01 Å². The van der Waals surface area contributed by atoms with E-state index in [1.165, 1.54) is 19.3 Å². The maximum absolute atomic E-state index is 9.23. The van der Waals surface area contributed by atoms with Gasteiger partial charge in [0.25, 0.3) is 0 Å². The van der Waals surface area contributed by atoms with Crippen molar-refractivity contribution < 1.29 is 9.52 Å². The van der Waals surface area contributed by atoms with Crippen LogP contribution in [0.4, 0.5) is 6.01 Å². The van der Waals surface area contributed by atoms with Crippen LogP contribution in [0.15, 0.2) is 4.42 Å². The van der Waals surface area contributed by atoms with Gasteiger partial charge in [0.15, 0.2) is 0 Å². The fraction of sp³-hybridized carbons (Fsp3) is 0.846. The molecule has 0 aromatic carbocycles. The summed E-state index contributed by atoms with van der Waals surface area (Å²) in [7, 11) is 0. The Labute approximate surface area is 114 Å². The number of aliphatic hydroxyl groups is 1. The normalized spacial score (nSPS) is 16.7. The maximum Gasteiger partial charge on any atom is 0.318 e. The summed E-state index contributed by atoms with van der Waals surface area (Å²) in [5, 5.41) is 20.6. The van der Waals surface area contributed by atoms with Gasteiger partial charge in [-0.2, -0.15) is 0 Å². The smallest absolute Gasteiger partial charge is 0.318 e. The fourth-order valence-electron chi connectivity index (χ4n) is 2.60. The molecular weight excluding hydrogens is 244 g/mol. The van der Waals surface area contributed by atoms with Gasteiger partial charge in [-0.25, -0.2) is 0 Å². The van der Waals surface area contributed by atoms with E-state index >= 15 is 0 Å². The third kappa shape index (κ3) is 3.91. The zero-order valence-corrected chi connectivity index (χ0v) is 11.6. The molecule has 0 saturated heterocycles. The minimum absolute atomic E-state index is 0.113. The van der Waals surface area contributed by atoms with Gasteiger partial charge in [0.1, 0.15) is 0 Å². The quantitative estimate of drug-likeness (QED) is 0.776. The number of aliphatic hydroxyl groups excluding tert-OH is 1. The Balaban J connectivity index is 2.02. The first-order valence-electron chi connectivity index (χ1n) is 7.25. The van der Waals surface area contributed by atoms with Gasteiger partial charge in [-0.3, -0.25) is 0 Å². The predicted molar refractivity (Wildman–Crippen MR) is 73.0 cm³/mol. The molecule has 0 aliphatic heterocycles. The highest BCUT2D eigenvalue weighted by atomic mass is 16.4. The van der Waals surface area contributed by atoms with Gasteiger partial charge in [0.2, 0.25) is 5.89 Å². The van der Waals surface area contributed by atoms with Crippen LogP contribution in [0.2, 0.25) is 0 Å². The zero-order valence-electron chi connectivity index (χ0n) is 11.6. The lowest BCUT2D eigenvalue weighted by atomic mass is 9.94. The van der Waals surface area contributed by atoms with Crippen molar-refractivity contribution in [3.8, 4) is 0 Å². The number of aromatic nitrogens is 2. The molecule has 6 nitrogen and oxygen atoms in total. The molecule has 19 heavy (non-hydrogen) atoms. The van der Waals surface area contributed by atoms with Crippen molar-refractivity contribution in [2.45, 2.75) is 51.6 Å². The first-order valence-corrected chi connectivity index (χ1v) is 7.25. The van der Waals surface area contributed by atoms with Crippen molar-refractivity contribution in [1.29, 1.82) is 0 Å². The molecule has 0 unspecified atom stereocenters. The molecule has 2 rings (SSSR count). The van der Waals surface area contributed by atoms with Crippen LogP contribution >= 0.6 is 0 Å². The lowest BCUT2D eigenvalue weighted by Crippen LogP contribution is -2.39. The summed E-state index contributed by atoms with van der Waals surface area (Å²) >= 11 is 0. The van der Waals surface area contributed by atoms with E-state index in [0.717, 1.165) is 19.4 Å². The molecule has 1 saturated carbocycles. The highest BCUT2D eigenvalue weighted by molar-refractivity contribution is 5.26. The molecule has 2 N–H and O–H groups in total. The molecule has 1 aromatic rings. The molecule has 0 bridgehead atoms. The Kier molecular flexibility index (Phi) is 5.60. The van der Waals surface area contributed by atoms with Gasteiger partial charge in [-0.05, 0) is 19.4 Å². The minimum atomic E-state index is 0.113. The maximum atomic E-state index is 9.23. The van der Waals surface area contributed by atoms with E-state index in [0.29, 0.717) is 31.0 Å². The molecule has 6 heteroatoms. The number of rotatable bonds is 7. The summed E-state index contributed by atoms with van der Waals surface area (Å²) in [5.74, 6) is 0.607. The monoisotopic (exact) mass is 268 g/mol. The first-order chi connectivity index (χ1) is 9.35. The van der Waals surface area contributed by atoms with E-state index in [1.807, 2.05) is 6.92 Å². The topological polar surface area (TPSA) is 74.4 Å². The van der Waals surface area contributed by atoms with E-state index in [-0.39, 0.29) is 6.61 Å². The largest absolute Gasteiger partial charge is 0.407 e. The van der Waals surface area contributed by atoms with Crippen LogP contribution in [0.3, 0.4) is 0 Å². The van der Waals surface area contributed by atoms with Crippen molar-refractivity contribution in [1.82, 2.24) is 15.5 Å². The molecule has 1 aliphatic rings. The van der Waals surface area contributed by atoms with Crippen LogP contribution in [-0.2, 0) is 6.54 Å². The van der Waals surface area contributed by atoms with Crippen molar-refractivity contribution in [3.63, 3.8) is 0 Å². The summed E-state index contributed by atoms with van der Waals surface area (Å²) in [6, 6.07) is 0.974. The van der Waals surface area contributed by atoms with Gasteiger partial charge in [-0.15, -0.1) is 5.10 Å². The van der Waals surface area contributed by atoms with Crippen LogP contribution in [0.5, 0.6) is 0 Å². The number of hydrogen-bond donors (Lipinski definition) is 2. The SMILES string of the molecule is CCNCc1nnc(N(CCO)C2CCCCC2)o1. The predicted octanol–water partition coefficient (Wildman–Crippen LogP) is 1.31. The van der Waals surface area contributed by atoms with Gasteiger partial charge in [0.05, 0.1) is 13.2 Å². The highest BCUT2D eigenvalue weighted by Crippen LogP contribution is 2.26. The van der Waals surface area contributed by atoms with Gasteiger partial charge in [0, 0.05) is 12.6 Å². The highest BCUT2D eigenvalue weighted by Gasteiger charge is 2.24. The van der Waals surface area contributed by atoms with E-state index < -0.39 is 0 Å². The van der Waals surface area contributed by atoms with Crippen molar-refractivity contribution in [3.05, 3.63) is 5.89 Å². The van der Waals surface area contributed by atoms with Crippen LogP contribution in [-0.4, -0.2) is 41.0 Å². The Morgan fingerprint density at radius 1 is 1.32 bits per heavy atom. The van der Waals surface area contributed by atoms with E-state index in [4.69, 9.17) is 4.42 Å². The van der Waals surface area contributed by atoms with Crippen LogP contribution < -0.4 is 10.2 Å². The van der Waals surface area contributed by atoms with Crippen LogP contribution in [0.25, 0.3) is 0 Å². The fourth-order valence-corrected chi connectivity index (χ4v) is 2.60. The Bertz CT molecular complexity index is 363. The van der Waals surface area contributed by atoms with Crippen LogP contribution in [0, 0.1) is 0 Å². The Morgan fingerprint density at radius 2 is 2.11 bits per heavy atom. The average molecular weight is 268 g/mol. The lowest BCUT2D eigenvalue weighted by molar-refractivity contribution is 0.283. The molecule has 0 spiro atoms. The second-order valence-electron chi connectivity index (χ2n) is 4.97. The minimum Gasteiger partial charge on any atom is -0.407 e. The molecule has 1 fully saturated rings. The van der Waals surface area contributed by atoms with Crippen molar-refractivity contribution >= 4 is 6.01 Å². The zero-order chi connectivity index (χ0) is 13.5. The summed E-state index contributed by atoms with van der Waals surface area (Å²) in [5.41, 5.74) is 0. The molecule has 0 atom stereocenters. The third-order valence-electron chi connectivity index (χ3n) is 3.58. The summed E-state index contributed by atoms with van der Waals surface area (Å²) < 4.78 is 5.68. The first kappa shape index (κ1) is 14.3. The third-order valence-corrected chi connectivity index (χ3v) is 3.58. The second kappa shape index (κ2) is 7.45. The number of hydrogen-bond acceptors (Lipinski definition) is 6. The average Bonchev–Trinajstić information content (AvgIpc) is 2.92. The second-order valence-corrected chi connectivity index (χ2v) is 4.97. The summed E-state index contributed by atoms with van der Waals surface area (Å²) in [4.78, 5) is 2.07.